The van der Waals surface area contributed by atoms with Gasteiger partial charge in [0.2, 0.25) is 0 Å². The molecule has 130 valence electrons. The molecule has 0 aromatic carbocycles. The molecule has 4 nitrogen and oxygen atoms in total. The monoisotopic (exact) mass is 354 g/mol. The van der Waals surface area contributed by atoms with Crippen LogP contribution in [0.3, 0.4) is 0 Å². The summed E-state index contributed by atoms with van der Waals surface area (Å²) in [6.07, 6.45) is -8.45. The normalized spacial score (nSPS) is 13.0. The second-order valence-electron chi connectivity index (χ2n) is 4.42. The highest BCUT2D eigenvalue weighted by Crippen LogP contribution is 2.25. The maximum Gasteiger partial charge on any atom is 0.410 e. The SMILES string of the molecule is C=CC(=O)OCCC[Si](C)(OCC(F)(F)F)OCC(F)(F)F. The van der Waals surface area contributed by atoms with Gasteiger partial charge in [-0.15, -0.1) is 0 Å². The third kappa shape index (κ3) is 11.6. The minimum atomic E-state index is -4.68. The summed E-state index contributed by atoms with van der Waals surface area (Å²) in [6.45, 7) is 0.662. The second-order valence-corrected chi connectivity index (χ2v) is 7.76. The van der Waals surface area contributed by atoms with Crippen molar-refractivity contribution in [3.8, 4) is 0 Å². The van der Waals surface area contributed by atoms with Crippen molar-refractivity contribution in [2.75, 3.05) is 19.8 Å². The Morgan fingerprint density at radius 1 is 1.09 bits per heavy atom. The number of carbonyl (C=O) groups is 1. The van der Waals surface area contributed by atoms with E-state index in [-0.39, 0.29) is 19.1 Å². The number of hydrogen-bond acceptors (Lipinski definition) is 4. The van der Waals surface area contributed by atoms with E-state index in [2.05, 4.69) is 20.2 Å². The van der Waals surface area contributed by atoms with Gasteiger partial charge in [0.15, 0.2) is 0 Å². The lowest BCUT2D eigenvalue weighted by Crippen LogP contribution is -2.44. The average Bonchev–Trinajstić information content (AvgIpc) is 2.38. The van der Waals surface area contributed by atoms with Crippen LogP contribution in [-0.4, -0.2) is 46.7 Å². The highest BCUT2D eigenvalue weighted by atomic mass is 28.4. The summed E-state index contributed by atoms with van der Waals surface area (Å²) < 4.78 is 86.5. The molecule has 0 saturated heterocycles. The first-order chi connectivity index (χ1) is 9.87. The summed E-state index contributed by atoms with van der Waals surface area (Å²) in [5.41, 5.74) is 0. The van der Waals surface area contributed by atoms with Crippen molar-refractivity contribution in [2.45, 2.75) is 31.4 Å². The maximum atomic E-state index is 12.1. The van der Waals surface area contributed by atoms with E-state index in [1.807, 2.05) is 0 Å². The largest absolute Gasteiger partial charge is 0.463 e. The fourth-order valence-electron chi connectivity index (χ4n) is 1.28. The Kier molecular flexibility index (Phi) is 8.11. The molecular formula is C11H16F6O4Si. The third-order valence-corrected chi connectivity index (χ3v) is 5.04. The molecule has 0 fully saturated rings. The Morgan fingerprint density at radius 2 is 1.55 bits per heavy atom. The number of ether oxygens (including phenoxy) is 1. The van der Waals surface area contributed by atoms with Gasteiger partial charge in [0.05, 0.1) is 6.61 Å². The highest BCUT2D eigenvalue weighted by molar-refractivity contribution is 6.66. The molecule has 0 atom stereocenters. The highest BCUT2D eigenvalue weighted by Gasteiger charge is 2.40. The molecule has 0 aromatic rings. The molecule has 0 aliphatic carbocycles. The molecule has 0 heterocycles. The lowest BCUT2D eigenvalue weighted by molar-refractivity contribution is -0.171. The Bertz CT molecular complexity index is 351. The fourth-order valence-corrected chi connectivity index (χ4v) is 3.38. The fraction of sp³-hybridized carbons (Fsp3) is 0.727. The van der Waals surface area contributed by atoms with Crippen LogP contribution in [0.15, 0.2) is 12.7 Å². The molecule has 0 radical (unpaired) electrons. The first-order valence-electron chi connectivity index (χ1n) is 6.07. The van der Waals surface area contributed by atoms with Gasteiger partial charge in [0, 0.05) is 6.08 Å². The van der Waals surface area contributed by atoms with Crippen LogP contribution >= 0.6 is 0 Å². The summed E-state index contributed by atoms with van der Waals surface area (Å²) in [6, 6.07) is -0.191. The molecule has 0 amide bonds. The first kappa shape index (κ1) is 20.9. The van der Waals surface area contributed by atoms with Crippen molar-refractivity contribution in [3.63, 3.8) is 0 Å². The average molecular weight is 354 g/mol. The number of alkyl halides is 6. The van der Waals surface area contributed by atoms with Gasteiger partial charge in [-0.2, -0.15) is 26.3 Å². The molecule has 0 N–H and O–H groups in total. The third-order valence-electron chi connectivity index (χ3n) is 2.27. The molecule has 0 aromatic heterocycles. The summed E-state index contributed by atoms with van der Waals surface area (Å²) in [7, 11) is -3.71. The standard InChI is InChI=1S/C11H16F6O4Si/c1-3-9(18)19-5-4-6-22(2,20-7-10(12,13)14)21-8-11(15,16)17/h3H,1,4-8H2,2H3. The minimum absolute atomic E-state index is 0.0119. The molecule has 0 spiro atoms. The zero-order valence-corrected chi connectivity index (χ0v) is 12.7. The van der Waals surface area contributed by atoms with Gasteiger partial charge in [0.1, 0.15) is 13.2 Å². The van der Waals surface area contributed by atoms with Gasteiger partial charge in [-0.1, -0.05) is 6.58 Å². The van der Waals surface area contributed by atoms with Crippen LogP contribution in [0.5, 0.6) is 0 Å². The maximum absolute atomic E-state index is 12.1. The quantitative estimate of drug-likeness (QED) is 0.209. The van der Waals surface area contributed by atoms with Crippen LogP contribution in [0.4, 0.5) is 26.3 Å². The topological polar surface area (TPSA) is 44.8 Å². The molecule has 0 aliphatic rings. The van der Waals surface area contributed by atoms with Crippen molar-refractivity contribution in [1.82, 2.24) is 0 Å². The molecule has 0 saturated carbocycles. The van der Waals surface area contributed by atoms with Crippen LogP contribution in [0.25, 0.3) is 0 Å². The van der Waals surface area contributed by atoms with Gasteiger partial charge in [-0.05, 0) is 19.0 Å². The van der Waals surface area contributed by atoms with Crippen molar-refractivity contribution in [1.29, 1.82) is 0 Å². The summed E-state index contributed by atoms with van der Waals surface area (Å²) in [5.74, 6) is -0.740. The lowest BCUT2D eigenvalue weighted by atomic mass is 10.5. The van der Waals surface area contributed by atoms with Crippen LogP contribution in [0.2, 0.25) is 12.6 Å². The van der Waals surface area contributed by atoms with Crippen LogP contribution in [-0.2, 0) is 18.4 Å². The Morgan fingerprint density at radius 3 is 1.91 bits per heavy atom. The molecule has 0 rings (SSSR count). The Balaban J connectivity index is 4.49. The predicted molar refractivity (Wildman–Crippen MR) is 66.2 cm³/mol. The van der Waals surface area contributed by atoms with E-state index in [9.17, 15) is 31.1 Å². The minimum Gasteiger partial charge on any atom is -0.463 e. The second kappa shape index (κ2) is 8.53. The lowest BCUT2D eigenvalue weighted by Gasteiger charge is -2.28. The van der Waals surface area contributed by atoms with Gasteiger partial charge >= 0.3 is 26.9 Å². The van der Waals surface area contributed by atoms with Crippen LogP contribution < -0.4 is 0 Å². The molecular weight excluding hydrogens is 338 g/mol. The van der Waals surface area contributed by atoms with Crippen molar-refractivity contribution < 1.29 is 44.7 Å². The van der Waals surface area contributed by atoms with E-state index in [0.717, 1.165) is 12.6 Å². The Labute approximate surface area is 124 Å². The van der Waals surface area contributed by atoms with E-state index in [1.54, 1.807) is 0 Å². The predicted octanol–water partition coefficient (Wildman–Crippen LogP) is 3.34. The van der Waals surface area contributed by atoms with E-state index >= 15 is 0 Å². The number of esters is 1. The molecule has 22 heavy (non-hydrogen) atoms. The van der Waals surface area contributed by atoms with E-state index in [0.29, 0.717) is 0 Å². The molecule has 11 heteroatoms. The number of halogens is 6. The molecule has 0 aliphatic heterocycles. The summed E-state index contributed by atoms with van der Waals surface area (Å²) in [4.78, 5) is 10.8. The van der Waals surface area contributed by atoms with Crippen molar-refractivity contribution in [3.05, 3.63) is 12.7 Å². The van der Waals surface area contributed by atoms with Crippen molar-refractivity contribution >= 4 is 14.5 Å². The van der Waals surface area contributed by atoms with Crippen molar-refractivity contribution in [2.24, 2.45) is 0 Å². The first-order valence-corrected chi connectivity index (χ1v) is 8.60. The van der Waals surface area contributed by atoms with Gasteiger partial charge in [-0.3, -0.25) is 0 Å². The van der Waals surface area contributed by atoms with E-state index < -0.39 is 40.1 Å². The zero-order valence-electron chi connectivity index (χ0n) is 11.7. The molecule has 0 unspecified atom stereocenters. The summed E-state index contributed by atoms with van der Waals surface area (Å²) in [5, 5.41) is 0. The van der Waals surface area contributed by atoms with Gasteiger partial charge < -0.3 is 13.6 Å². The van der Waals surface area contributed by atoms with E-state index in [4.69, 9.17) is 0 Å². The smallest absolute Gasteiger partial charge is 0.410 e. The summed E-state index contributed by atoms with van der Waals surface area (Å²) >= 11 is 0. The zero-order chi connectivity index (χ0) is 17.4. The number of rotatable bonds is 9. The molecule has 0 bridgehead atoms. The number of hydrogen-bond donors (Lipinski definition) is 0. The van der Waals surface area contributed by atoms with Crippen LogP contribution in [0, 0.1) is 0 Å². The number of carbonyl (C=O) groups excluding carboxylic acids is 1. The van der Waals surface area contributed by atoms with E-state index in [1.165, 1.54) is 0 Å². The van der Waals surface area contributed by atoms with Gasteiger partial charge in [-0.25, -0.2) is 4.79 Å². The Hall–Kier alpha value is -1.07. The van der Waals surface area contributed by atoms with Crippen LogP contribution in [0.1, 0.15) is 6.42 Å². The van der Waals surface area contributed by atoms with Gasteiger partial charge in [0.25, 0.3) is 0 Å².